The van der Waals surface area contributed by atoms with E-state index in [0.717, 1.165) is 18.4 Å². The van der Waals surface area contributed by atoms with Gasteiger partial charge in [0, 0.05) is 29.3 Å². The van der Waals surface area contributed by atoms with Gasteiger partial charge in [0.05, 0.1) is 16.8 Å². The van der Waals surface area contributed by atoms with Crippen molar-refractivity contribution in [1.82, 2.24) is 14.6 Å². The largest absolute Gasteiger partial charge is 0.349 e. The molecule has 2 heterocycles. The Labute approximate surface area is 185 Å². The summed E-state index contributed by atoms with van der Waals surface area (Å²) < 4.78 is 26.5. The zero-order valence-corrected chi connectivity index (χ0v) is 18.9. The van der Waals surface area contributed by atoms with Crippen molar-refractivity contribution < 1.29 is 13.2 Å². The Kier molecular flexibility index (Phi) is 7.45. The summed E-state index contributed by atoms with van der Waals surface area (Å²) in [4.78, 5) is 16.6. The third-order valence-corrected chi connectivity index (χ3v) is 7.96. The van der Waals surface area contributed by atoms with E-state index in [0.29, 0.717) is 28.2 Å². The van der Waals surface area contributed by atoms with E-state index in [1.165, 1.54) is 28.3 Å². The van der Waals surface area contributed by atoms with E-state index in [1.807, 2.05) is 6.92 Å². The van der Waals surface area contributed by atoms with Gasteiger partial charge in [-0.25, -0.2) is 13.4 Å². The summed E-state index contributed by atoms with van der Waals surface area (Å²) in [7, 11) is -3.48. The van der Waals surface area contributed by atoms with Crippen LogP contribution in [0.4, 0.5) is 0 Å². The molecule has 29 heavy (non-hydrogen) atoms. The number of hydrogen-bond donors (Lipinski definition) is 1. The number of carbonyl (C=O) groups is 1. The topological polar surface area (TPSA) is 79.4 Å². The van der Waals surface area contributed by atoms with E-state index in [1.54, 1.807) is 24.3 Å². The first-order chi connectivity index (χ1) is 13.8. The Bertz CT molecular complexity index is 979. The lowest BCUT2D eigenvalue weighted by Crippen LogP contribution is -2.28. The minimum absolute atomic E-state index is 0.154. The van der Waals surface area contributed by atoms with Crippen molar-refractivity contribution in [3.8, 4) is 0 Å². The number of nitrogens with zero attached hydrogens (tertiary/aromatic N) is 2. The van der Waals surface area contributed by atoms with Gasteiger partial charge in [-0.15, -0.1) is 0 Å². The molecule has 2 aromatic rings. The van der Waals surface area contributed by atoms with Crippen LogP contribution in [0.5, 0.6) is 0 Å². The molecule has 1 aromatic heterocycles. The fraction of sp³-hybridized carbons (Fsp3) is 0.368. The number of thioether (sulfide) groups is 1. The molecule has 1 unspecified atom stereocenters. The molecule has 10 heteroatoms. The number of halogens is 2. The first kappa shape index (κ1) is 22.4. The van der Waals surface area contributed by atoms with E-state index < -0.39 is 10.0 Å². The number of carbonyl (C=O) groups excluding carboxylic acids is 1. The van der Waals surface area contributed by atoms with Gasteiger partial charge in [-0.05, 0) is 49.6 Å². The van der Waals surface area contributed by atoms with Crippen LogP contribution >= 0.6 is 35.0 Å². The Morgan fingerprint density at radius 2 is 1.97 bits per heavy atom. The average molecular weight is 474 g/mol. The Morgan fingerprint density at radius 1 is 1.24 bits per heavy atom. The van der Waals surface area contributed by atoms with Gasteiger partial charge in [0.15, 0.2) is 0 Å². The highest BCUT2D eigenvalue weighted by molar-refractivity contribution is 7.99. The monoisotopic (exact) mass is 473 g/mol. The molecule has 6 nitrogen and oxygen atoms in total. The molecule has 0 saturated carbocycles. The highest BCUT2D eigenvalue weighted by atomic mass is 35.5. The van der Waals surface area contributed by atoms with Crippen LogP contribution in [-0.2, 0) is 14.8 Å². The zero-order chi connectivity index (χ0) is 21.0. The highest BCUT2D eigenvalue weighted by Gasteiger charge is 2.27. The van der Waals surface area contributed by atoms with Gasteiger partial charge in [-0.1, -0.05) is 41.0 Å². The molecule has 156 valence electrons. The predicted molar refractivity (Wildman–Crippen MR) is 116 cm³/mol. The molecule has 1 aromatic carbocycles. The summed E-state index contributed by atoms with van der Waals surface area (Å²) in [5.41, 5.74) is 0.781. The quantitative estimate of drug-likeness (QED) is 0.611. The van der Waals surface area contributed by atoms with E-state index in [9.17, 15) is 13.2 Å². The molecule has 3 rings (SSSR count). The second-order valence-corrected chi connectivity index (χ2v) is 10.5. The Balaban J connectivity index is 1.55. The smallest absolute Gasteiger partial charge is 0.244 e. The third kappa shape index (κ3) is 5.64. The van der Waals surface area contributed by atoms with Crippen LogP contribution in [-0.4, -0.2) is 42.5 Å². The van der Waals surface area contributed by atoms with Crippen molar-refractivity contribution in [2.45, 2.75) is 35.7 Å². The van der Waals surface area contributed by atoms with Crippen molar-refractivity contribution in [1.29, 1.82) is 0 Å². The molecular weight excluding hydrogens is 453 g/mol. The van der Waals surface area contributed by atoms with Crippen molar-refractivity contribution in [2.24, 2.45) is 0 Å². The number of benzene rings is 1. The summed E-state index contributed by atoms with van der Waals surface area (Å²) in [5, 5.41) is 4.49. The van der Waals surface area contributed by atoms with E-state index in [2.05, 4.69) is 10.3 Å². The number of hydrogen-bond acceptors (Lipinski definition) is 5. The second-order valence-electron chi connectivity index (χ2n) is 6.69. The third-order valence-electron chi connectivity index (χ3n) is 4.57. The lowest BCUT2D eigenvalue weighted by molar-refractivity contribution is -0.119. The number of pyridine rings is 1. The Morgan fingerprint density at radius 3 is 2.59 bits per heavy atom. The first-order valence-electron chi connectivity index (χ1n) is 9.10. The summed E-state index contributed by atoms with van der Waals surface area (Å²) in [6, 6.07) is 8.04. The SMILES string of the molecule is CC(NC(=O)CSc1ccc(S(=O)(=O)N2CCCC2)cn1)c1ccc(Cl)cc1Cl. The van der Waals surface area contributed by atoms with Crippen molar-refractivity contribution in [3.63, 3.8) is 0 Å². The summed E-state index contributed by atoms with van der Waals surface area (Å²) in [6.07, 6.45) is 3.12. The van der Waals surface area contributed by atoms with Gasteiger partial charge < -0.3 is 5.32 Å². The van der Waals surface area contributed by atoms with Gasteiger partial charge in [0.1, 0.15) is 4.90 Å². The molecule has 1 aliphatic rings. The van der Waals surface area contributed by atoms with E-state index in [4.69, 9.17) is 23.2 Å². The van der Waals surface area contributed by atoms with Gasteiger partial charge in [-0.2, -0.15) is 4.31 Å². The van der Waals surface area contributed by atoms with Gasteiger partial charge in [0.25, 0.3) is 0 Å². The maximum Gasteiger partial charge on any atom is 0.244 e. The van der Waals surface area contributed by atoms with E-state index >= 15 is 0 Å². The standard InChI is InChI=1S/C19H21Cl2N3O3S2/c1-13(16-6-4-14(20)10-17(16)21)23-18(25)12-28-19-7-5-15(11-22-19)29(26,27)24-8-2-3-9-24/h4-7,10-11,13H,2-3,8-9,12H2,1H3,(H,23,25). The number of rotatable bonds is 7. The van der Waals surface area contributed by atoms with Crippen LogP contribution in [0.3, 0.4) is 0 Å². The van der Waals surface area contributed by atoms with Crippen LogP contribution in [0.25, 0.3) is 0 Å². The van der Waals surface area contributed by atoms with Crippen molar-refractivity contribution in [2.75, 3.05) is 18.8 Å². The average Bonchev–Trinajstić information content (AvgIpc) is 3.22. The fourth-order valence-corrected chi connectivity index (χ4v) is 5.72. The van der Waals surface area contributed by atoms with Crippen molar-refractivity contribution >= 4 is 50.9 Å². The lowest BCUT2D eigenvalue weighted by Gasteiger charge is -2.16. The highest BCUT2D eigenvalue weighted by Crippen LogP contribution is 2.26. The maximum atomic E-state index is 12.5. The normalized spacial score (nSPS) is 16.0. The molecule has 1 N–H and O–H groups in total. The number of aromatic nitrogens is 1. The number of amides is 1. The maximum absolute atomic E-state index is 12.5. The van der Waals surface area contributed by atoms with Gasteiger partial charge in [-0.3, -0.25) is 4.79 Å². The summed E-state index contributed by atoms with van der Waals surface area (Å²) >= 11 is 13.3. The van der Waals surface area contributed by atoms with E-state index in [-0.39, 0.29) is 22.6 Å². The molecule has 1 aliphatic heterocycles. The second kappa shape index (κ2) is 9.66. The minimum Gasteiger partial charge on any atom is -0.349 e. The molecule has 1 atom stereocenters. The molecule has 0 bridgehead atoms. The lowest BCUT2D eigenvalue weighted by atomic mass is 10.1. The Hall–Kier alpha value is -1.32. The molecule has 1 amide bonds. The summed E-state index contributed by atoms with van der Waals surface area (Å²) in [6.45, 7) is 2.94. The molecule has 0 aliphatic carbocycles. The van der Waals surface area contributed by atoms with Crippen LogP contribution < -0.4 is 5.32 Å². The number of nitrogens with one attached hydrogen (secondary N) is 1. The van der Waals surface area contributed by atoms with Gasteiger partial charge >= 0.3 is 0 Å². The minimum atomic E-state index is -3.48. The molecule has 0 spiro atoms. The zero-order valence-electron chi connectivity index (χ0n) is 15.8. The molecule has 0 radical (unpaired) electrons. The molecule has 1 fully saturated rings. The number of sulfonamides is 1. The predicted octanol–water partition coefficient (Wildman–Crippen LogP) is 4.14. The van der Waals surface area contributed by atoms with Crippen LogP contribution in [0.15, 0.2) is 46.5 Å². The first-order valence-corrected chi connectivity index (χ1v) is 12.3. The van der Waals surface area contributed by atoms with Crippen LogP contribution in [0.1, 0.15) is 31.4 Å². The van der Waals surface area contributed by atoms with Crippen molar-refractivity contribution in [3.05, 3.63) is 52.1 Å². The molecule has 1 saturated heterocycles. The fourth-order valence-electron chi connectivity index (χ4n) is 3.04. The van der Waals surface area contributed by atoms with Crippen LogP contribution in [0.2, 0.25) is 10.0 Å². The van der Waals surface area contributed by atoms with Gasteiger partial charge in [0.2, 0.25) is 15.9 Å². The van der Waals surface area contributed by atoms with Crippen LogP contribution in [0, 0.1) is 0 Å². The molecular formula is C19H21Cl2N3O3S2. The summed E-state index contributed by atoms with van der Waals surface area (Å²) in [5.74, 6) is -0.0232.